The number of piperidine rings is 1. The maximum atomic E-state index is 10.1. The Morgan fingerprint density at radius 1 is 1.22 bits per heavy atom. The summed E-state index contributed by atoms with van der Waals surface area (Å²) in [4.78, 5) is 2.34. The summed E-state index contributed by atoms with van der Waals surface area (Å²) in [6.07, 6.45) is 3.44. The van der Waals surface area contributed by atoms with Crippen molar-refractivity contribution in [3.63, 3.8) is 0 Å². The monoisotopic (exact) mass is 252 g/mol. The van der Waals surface area contributed by atoms with Crippen molar-refractivity contribution in [3.05, 3.63) is 11.4 Å². The number of nitrogens with two attached hydrogens (primary N) is 1. The number of aryl methyl sites for hydroxylation is 1. The summed E-state index contributed by atoms with van der Waals surface area (Å²) in [6, 6.07) is 0. The third-order valence-electron chi connectivity index (χ3n) is 3.74. The molecule has 5 heteroatoms. The second-order valence-corrected chi connectivity index (χ2v) is 5.28. The van der Waals surface area contributed by atoms with Gasteiger partial charge in [0.2, 0.25) is 0 Å². The van der Waals surface area contributed by atoms with Crippen LogP contribution in [0.4, 0.5) is 5.69 Å². The molecule has 18 heavy (non-hydrogen) atoms. The largest absolute Gasteiger partial charge is 0.396 e. The summed E-state index contributed by atoms with van der Waals surface area (Å²) in [7, 11) is 0. The Kier molecular flexibility index (Phi) is 4.24. The molecule has 1 aliphatic rings. The number of aromatic nitrogens is 2. The van der Waals surface area contributed by atoms with Gasteiger partial charge >= 0.3 is 0 Å². The van der Waals surface area contributed by atoms with E-state index < -0.39 is 0 Å². The van der Waals surface area contributed by atoms with Crippen LogP contribution in [0.25, 0.3) is 0 Å². The third kappa shape index (κ3) is 3.03. The molecule has 1 atom stereocenters. The zero-order valence-corrected chi connectivity index (χ0v) is 11.4. The number of anilines is 1. The Hall–Kier alpha value is -1.07. The molecule has 0 aliphatic carbocycles. The van der Waals surface area contributed by atoms with Gasteiger partial charge in [-0.3, -0.25) is 4.68 Å². The van der Waals surface area contributed by atoms with Gasteiger partial charge in [0.15, 0.2) is 0 Å². The van der Waals surface area contributed by atoms with Gasteiger partial charge < -0.3 is 15.7 Å². The summed E-state index contributed by atoms with van der Waals surface area (Å²) >= 11 is 0. The maximum Gasteiger partial charge on any atom is 0.0862 e. The van der Waals surface area contributed by atoms with E-state index in [4.69, 9.17) is 5.73 Å². The molecule has 1 fully saturated rings. The first kappa shape index (κ1) is 13.4. The van der Waals surface area contributed by atoms with Crippen LogP contribution in [0.15, 0.2) is 0 Å². The van der Waals surface area contributed by atoms with Crippen LogP contribution < -0.4 is 5.73 Å². The number of aliphatic hydroxyl groups excluding tert-OH is 1. The number of rotatable bonds is 4. The van der Waals surface area contributed by atoms with Gasteiger partial charge in [0, 0.05) is 6.54 Å². The highest BCUT2D eigenvalue weighted by molar-refractivity contribution is 5.46. The Morgan fingerprint density at radius 2 is 1.89 bits per heavy atom. The normalized spacial score (nSPS) is 19.1. The summed E-state index contributed by atoms with van der Waals surface area (Å²) in [6.45, 7) is 7.32. The lowest BCUT2D eigenvalue weighted by atomic mass is 10.1. The van der Waals surface area contributed by atoms with E-state index in [-0.39, 0.29) is 6.10 Å². The van der Waals surface area contributed by atoms with Crippen LogP contribution >= 0.6 is 0 Å². The number of likely N-dealkylation sites (tertiary alicyclic amines) is 1. The van der Waals surface area contributed by atoms with Gasteiger partial charge in [0.25, 0.3) is 0 Å². The zero-order chi connectivity index (χ0) is 13.1. The molecule has 2 heterocycles. The lowest BCUT2D eigenvalue weighted by Gasteiger charge is -2.28. The van der Waals surface area contributed by atoms with E-state index in [2.05, 4.69) is 10.00 Å². The molecule has 0 bridgehead atoms. The Balaban J connectivity index is 1.89. The highest BCUT2D eigenvalue weighted by Crippen LogP contribution is 2.15. The Morgan fingerprint density at radius 3 is 2.44 bits per heavy atom. The highest BCUT2D eigenvalue weighted by atomic mass is 16.3. The lowest BCUT2D eigenvalue weighted by molar-refractivity contribution is 0.0851. The van der Waals surface area contributed by atoms with Crippen LogP contribution in [0.1, 0.15) is 30.7 Å². The zero-order valence-electron chi connectivity index (χ0n) is 11.4. The van der Waals surface area contributed by atoms with Gasteiger partial charge in [0.1, 0.15) is 0 Å². The quantitative estimate of drug-likeness (QED) is 0.836. The van der Waals surface area contributed by atoms with Crippen molar-refractivity contribution >= 4 is 5.69 Å². The number of hydrogen-bond acceptors (Lipinski definition) is 4. The first-order chi connectivity index (χ1) is 8.58. The van der Waals surface area contributed by atoms with Crippen molar-refractivity contribution in [3.8, 4) is 0 Å². The van der Waals surface area contributed by atoms with Crippen molar-refractivity contribution in [2.75, 3.05) is 25.4 Å². The summed E-state index contributed by atoms with van der Waals surface area (Å²) < 4.78 is 1.82. The molecule has 0 spiro atoms. The van der Waals surface area contributed by atoms with Crippen LogP contribution in [-0.2, 0) is 6.54 Å². The standard InChI is InChI=1S/C13H24N4O/c1-10-13(14)11(2)17(15-10)9-12(18)8-16-6-4-3-5-7-16/h12,18H,3-9,14H2,1-2H3. The van der Waals surface area contributed by atoms with Crippen molar-refractivity contribution in [2.24, 2.45) is 0 Å². The van der Waals surface area contributed by atoms with Crippen molar-refractivity contribution < 1.29 is 5.11 Å². The number of aliphatic hydroxyl groups is 1. The summed E-state index contributed by atoms with van der Waals surface area (Å²) in [5.41, 5.74) is 8.42. The molecule has 102 valence electrons. The maximum absolute atomic E-state index is 10.1. The molecule has 0 saturated carbocycles. The average Bonchev–Trinajstić information content (AvgIpc) is 2.58. The third-order valence-corrected chi connectivity index (χ3v) is 3.74. The number of nitrogens with zero attached hydrogens (tertiary/aromatic N) is 3. The summed E-state index contributed by atoms with van der Waals surface area (Å²) in [5, 5.41) is 14.5. The fourth-order valence-electron chi connectivity index (χ4n) is 2.59. The highest BCUT2D eigenvalue weighted by Gasteiger charge is 2.17. The molecular formula is C13H24N4O. The van der Waals surface area contributed by atoms with E-state index in [1.807, 2.05) is 18.5 Å². The van der Waals surface area contributed by atoms with Crippen LogP contribution in [-0.4, -0.2) is 45.5 Å². The molecule has 1 saturated heterocycles. The number of β-amino-alcohol motifs (C(OH)–C–C–N with tert-alkyl or cyclic N) is 1. The predicted octanol–water partition coefficient (Wildman–Crippen LogP) is 0.929. The molecule has 1 unspecified atom stereocenters. The molecule has 1 aliphatic heterocycles. The van der Waals surface area contributed by atoms with E-state index in [1.165, 1.54) is 19.3 Å². The van der Waals surface area contributed by atoms with Crippen molar-refractivity contribution in [1.29, 1.82) is 0 Å². The molecule has 1 aromatic heterocycles. The molecule has 3 N–H and O–H groups in total. The van der Waals surface area contributed by atoms with Gasteiger partial charge in [-0.15, -0.1) is 0 Å². The average molecular weight is 252 g/mol. The molecular weight excluding hydrogens is 228 g/mol. The minimum atomic E-state index is -0.375. The van der Waals surface area contributed by atoms with E-state index in [1.54, 1.807) is 0 Å². The Labute approximate surface area is 109 Å². The van der Waals surface area contributed by atoms with Crippen LogP contribution in [0.2, 0.25) is 0 Å². The van der Waals surface area contributed by atoms with Crippen LogP contribution in [0, 0.1) is 13.8 Å². The lowest BCUT2D eigenvalue weighted by Crippen LogP contribution is -2.38. The molecule has 0 amide bonds. The SMILES string of the molecule is Cc1nn(CC(O)CN2CCCCC2)c(C)c1N. The van der Waals surface area contributed by atoms with Gasteiger partial charge in [-0.1, -0.05) is 6.42 Å². The fraction of sp³-hybridized carbons (Fsp3) is 0.769. The van der Waals surface area contributed by atoms with E-state index >= 15 is 0 Å². The van der Waals surface area contributed by atoms with E-state index in [9.17, 15) is 5.11 Å². The number of nitrogen functional groups attached to an aromatic ring is 1. The molecule has 1 aromatic rings. The summed E-state index contributed by atoms with van der Waals surface area (Å²) in [5.74, 6) is 0. The van der Waals surface area contributed by atoms with E-state index in [0.717, 1.165) is 36.7 Å². The van der Waals surface area contributed by atoms with Crippen LogP contribution in [0.3, 0.4) is 0 Å². The van der Waals surface area contributed by atoms with Crippen LogP contribution in [0.5, 0.6) is 0 Å². The topological polar surface area (TPSA) is 67.3 Å². The molecule has 2 rings (SSSR count). The van der Waals surface area contributed by atoms with Gasteiger partial charge in [-0.25, -0.2) is 0 Å². The second kappa shape index (κ2) is 5.71. The van der Waals surface area contributed by atoms with E-state index in [0.29, 0.717) is 6.54 Å². The molecule has 0 aromatic carbocycles. The second-order valence-electron chi connectivity index (χ2n) is 5.28. The molecule has 5 nitrogen and oxygen atoms in total. The first-order valence-corrected chi connectivity index (χ1v) is 6.78. The molecule has 0 radical (unpaired) electrons. The Bertz CT molecular complexity index is 396. The smallest absolute Gasteiger partial charge is 0.0862 e. The minimum Gasteiger partial charge on any atom is -0.396 e. The first-order valence-electron chi connectivity index (χ1n) is 6.78. The van der Waals surface area contributed by atoms with Gasteiger partial charge in [-0.05, 0) is 39.8 Å². The van der Waals surface area contributed by atoms with Gasteiger partial charge in [0.05, 0.1) is 29.7 Å². The van der Waals surface area contributed by atoms with Crippen molar-refractivity contribution in [1.82, 2.24) is 14.7 Å². The predicted molar refractivity (Wildman–Crippen MR) is 72.4 cm³/mol. The minimum absolute atomic E-state index is 0.375. The fourth-order valence-corrected chi connectivity index (χ4v) is 2.59. The van der Waals surface area contributed by atoms with Gasteiger partial charge in [-0.2, -0.15) is 5.10 Å². The van der Waals surface area contributed by atoms with Crippen molar-refractivity contribution in [2.45, 2.75) is 45.8 Å². The number of hydrogen-bond donors (Lipinski definition) is 2.